The number of likely N-dealkylation sites (tertiary alicyclic amines) is 1. The summed E-state index contributed by atoms with van der Waals surface area (Å²) >= 11 is 0. The quantitative estimate of drug-likeness (QED) is 0.369. The average molecular weight is 496 g/mol. The molecule has 182 valence electrons. The van der Waals surface area contributed by atoms with Gasteiger partial charge in [0.05, 0.1) is 22.6 Å². The maximum atomic E-state index is 13.2. The van der Waals surface area contributed by atoms with Crippen molar-refractivity contribution in [1.82, 2.24) is 4.90 Å². The zero-order chi connectivity index (χ0) is 25.0. The van der Waals surface area contributed by atoms with Gasteiger partial charge in [0, 0.05) is 30.3 Å². The number of benzene rings is 3. The lowest BCUT2D eigenvalue weighted by Crippen LogP contribution is -2.36. The van der Waals surface area contributed by atoms with Crippen molar-refractivity contribution in [2.24, 2.45) is 0 Å². The van der Waals surface area contributed by atoms with Gasteiger partial charge in [-0.1, -0.05) is 30.3 Å². The summed E-state index contributed by atoms with van der Waals surface area (Å²) < 4.78 is 33.3. The fourth-order valence-electron chi connectivity index (χ4n) is 4.24. The van der Waals surface area contributed by atoms with E-state index < -0.39 is 14.9 Å². The number of nitro benzene ring substituents is 1. The molecule has 1 heterocycles. The first-order valence-electron chi connectivity index (χ1n) is 11.1. The van der Waals surface area contributed by atoms with Crippen molar-refractivity contribution in [3.63, 3.8) is 0 Å². The van der Waals surface area contributed by atoms with Crippen LogP contribution in [0.4, 0.5) is 11.4 Å². The summed E-state index contributed by atoms with van der Waals surface area (Å²) in [4.78, 5) is 25.4. The molecule has 1 atom stereocenters. The van der Waals surface area contributed by atoms with Crippen LogP contribution in [-0.2, 0) is 16.4 Å². The largest absolute Gasteiger partial charge is 0.495 e. The van der Waals surface area contributed by atoms with Crippen LogP contribution in [0, 0.1) is 10.1 Å². The van der Waals surface area contributed by atoms with E-state index >= 15 is 0 Å². The van der Waals surface area contributed by atoms with E-state index in [0.29, 0.717) is 12.1 Å². The van der Waals surface area contributed by atoms with Crippen molar-refractivity contribution < 1.29 is 22.9 Å². The Balaban J connectivity index is 1.51. The summed E-state index contributed by atoms with van der Waals surface area (Å²) in [5, 5.41) is 11.1. The summed E-state index contributed by atoms with van der Waals surface area (Å²) in [6.07, 6.45) is 2.61. The number of sulfonamides is 1. The molecule has 0 spiro atoms. The van der Waals surface area contributed by atoms with Crippen molar-refractivity contribution in [3.8, 4) is 5.75 Å². The molecule has 0 aromatic heterocycles. The Morgan fingerprint density at radius 3 is 2.49 bits per heavy atom. The molecular formula is C25H25N3O6S. The fraction of sp³-hybridized carbons (Fsp3) is 0.240. The van der Waals surface area contributed by atoms with E-state index in [-0.39, 0.29) is 34.0 Å². The van der Waals surface area contributed by atoms with Crippen molar-refractivity contribution in [1.29, 1.82) is 0 Å². The Bertz CT molecular complexity index is 1330. The zero-order valence-corrected chi connectivity index (χ0v) is 19.9. The molecule has 0 radical (unpaired) electrons. The number of hydrogen-bond donors (Lipinski definition) is 1. The molecule has 1 N–H and O–H groups in total. The Labute approximate surface area is 203 Å². The number of carbonyl (C=O) groups excluding carboxylic acids is 1. The second kappa shape index (κ2) is 10.1. The SMILES string of the molecule is COc1ccc([N+](=O)[O-])cc1NS(=O)(=O)c1ccc(C(=O)N2CCC[C@H]2Cc2ccccc2)cc1. The van der Waals surface area contributed by atoms with Crippen LogP contribution in [0.1, 0.15) is 28.8 Å². The highest BCUT2D eigenvalue weighted by Crippen LogP contribution is 2.31. The Kier molecular flexibility index (Phi) is 7.02. The van der Waals surface area contributed by atoms with Crippen LogP contribution in [0.2, 0.25) is 0 Å². The normalized spacial score (nSPS) is 15.6. The van der Waals surface area contributed by atoms with E-state index in [0.717, 1.165) is 25.3 Å². The van der Waals surface area contributed by atoms with Crippen molar-refractivity contribution >= 4 is 27.3 Å². The number of ether oxygens (including phenoxy) is 1. The van der Waals surface area contributed by atoms with Crippen LogP contribution >= 0.6 is 0 Å². The summed E-state index contributed by atoms with van der Waals surface area (Å²) in [6, 6.07) is 19.4. The number of nitrogens with zero attached hydrogens (tertiary/aromatic N) is 2. The van der Waals surface area contributed by atoms with Gasteiger partial charge in [0.2, 0.25) is 0 Å². The number of methoxy groups -OCH3 is 1. The predicted octanol–water partition coefficient (Wildman–Crippen LogP) is 4.25. The minimum atomic E-state index is -4.08. The van der Waals surface area contributed by atoms with Crippen LogP contribution in [0.3, 0.4) is 0 Å². The van der Waals surface area contributed by atoms with Gasteiger partial charge >= 0.3 is 0 Å². The summed E-state index contributed by atoms with van der Waals surface area (Å²) in [5.41, 5.74) is 1.24. The van der Waals surface area contributed by atoms with Gasteiger partial charge in [0.1, 0.15) is 5.75 Å². The highest BCUT2D eigenvalue weighted by atomic mass is 32.2. The van der Waals surface area contributed by atoms with E-state index in [1.54, 1.807) is 0 Å². The molecule has 1 amide bonds. The Morgan fingerprint density at radius 1 is 1.11 bits per heavy atom. The van der Waals surface area contributed by atoms with Crippen molar-refractivity contribution in [2.45, 2.75) is 30.2 Å². The third kappa shape index (κ3) is 5.43. The lowest BCUT2D eigenvalue weighted by molar-refractivity contribution is -0.384. The number of rotatable bonds is 8. The predicted molar refractivity (Wildman–Crippen MR) is 131 cm³/mol. The van der Waals surface area contributed by atoms with E-state index in [1.165, 1.54) is 49.1 Å². The summed E-state index contributed by atoms with van der Waals surface area (Å²) in [7, 11) is -2.74. The number of hydrogen-bond acceptors (Lipinski definition) is 6. The topological polar surface area (TPSA) is 119 Å². The maximum Gasteiger partial charge on any atom is 0.271 e. The molecule has 35 heavy (non-hydrogen) atoms. The van der Waals surface area contributed by atoms with Gasteiger partial charge in [0.25, 0.3) is 21.6 Å². The number of nitro groups is 1. The molecule has 1 aliphatic rings. The second-order valence-electron chi connectivity index (χ2n) is 8.26. The second-order valence-corrected chi connectivity index (χ2v) is 9.94. The van der Waals surface area contributed by atoms with Crippen molar-refractivity contribution in [2.75, 3.05) is 18.4 Å². The lowest BCUT2D eigenvalue weighted by Gasteiger charge is -2.25. The van der Waals surface area contributed by atoms with Crippen molar-refractivity contribution in [3.05, 3.63) is 94.0 Å². The molecule has 4 rings (SSSR count). The molecule has 10 heteroatoms. The van der Waals surface area contributed by atoms with Crippen LogP contribution in [-0.4, -0.2) is 43.8 Å². The minimum Gasteiger partial charge on any atom is -0.495 e. The molecule has 1 fully saturated rings. The average Bonchev–Trinajstić information content (AvgIpc) is 3.32. The molecule has 1 aliphatic heterocycles. The van der Waals surface area contributed by atoms with Crippen LogP contribution in [0.15, 0.2) is 77.7 Å². The van der Waals surface area contributed by atoms with Gasteiger partial charge < -0.3 is 9.64 Å². The molecular weight excluding hydrogens is 470 g/mol. The summed E-state index contributed by atoms with van der Waals surface area (Å²) in [5.74, 6) is 0.00477. The molecule has 0 saturated carbocycles. The number of amides is 1. The molecule has 0 bridgehead atoms. The van der Waals surface area contributed by atoms with E-state index in [2.05, 4.69) is 4.72 Å². The van der Waals surface area contributed by atoms with Gasteiger partial charge in [-0.3, -0.25) is 19.6 Å². The summed E-state index contributed by atoms with van der Waals surface area (Å²) in [6.45, 7) is 0.657. The van der Waals surface area contributed by atoms with Gasteiger partial charge in [-0.2, -0.15) is 0 Å². The van der Waals surface area contributed by atoms with E-state index in [9.17, 15) is 23.3 Å². The van der Waals surface area contributed by atoms with Gasteiger partial charge in [-0.25, -0.2) is 8.42 Å². The zero-order valence-electron chi connectivity index (χ0n) is 19.1. The third-order valence-corrected chi connectivity index (χ3v) is 7.38. The highest BCUT2D eigenvalue weighted by molar-refractivity contribution is 7.92. The maximum absolute atomic E-state index is 13.2. The molecule has 3 aromatic rings. The van der Waals surface area contributed by atoms with Gasteiger partial charge in [-0.15, -0.1) is 0 Å². The number of non-ortho nitro benzene ring substituents is 1. The Hall–Kier alpha value is -3.92. The molecule has 1 saturated heterocycles. The molecule has 0 unspecified atom stereocenters. The number of anilines is 1. The Morgan fingerprint density at radius 2 is 1.83 bits per heavy atom. The fourth-order valence-corrected chi connectivity index (χ4v) is 5.30. The van der Waals surface area contributed by atoms with Crippen LogP contribution < -0.4 is 9.46 Å². The standard InChI is InChI=1S/C25H25N3O6S/c1-34-24-14-11-21(28(30)31)17-23(24)26-35(32,33)22-12-9-19(10-13-22)25(29)27-15-5-8-20(27)16-18-6-3-2-4-7-18/h2-4,6-7,9-14,17,20,26H,5,8,15-16H2,1H3/t20-/m0/s1. The lowest BCUT2D eigenvalue weighted by atomic mass is 10.0. The number of carbonyl (C=O) groups is 1. The van der Waals surface area contributed by atoms with Gasteiger partial charge in [0.15, 0.2) is 0 Å². The molecule has 0 aliphatic carbocycles. The number of nitrogens with one attached hydrogen (secondary N) is 1. The first kappa shape index (κ1) is 24.2. The van der Waals surface area contributed by atoms with E-state index in [1.807, 2.05) is 35.2 Å². The molecule has 3 aromatic carbocycles. The minimum absolute atomic E-state index is 0.0531. The monoisotopic (exact) mass is 495 g/mol. The smallest absolute Gasteiger partial charge is 0.271 e. The van der Waals surface area contributed by atoms with Crippen LogP contribution in [0.5, 0.6) is 5.75 Å². The van der Waals surface area contributed by atoms with E-state index in [4.69, 9.17) is 4.74 Å². The van der Waals surface area contributed by atoms with Crippen LogP contribution in [0.25, 0.3) is 0 Å². The molecule has 9 nitrogen and oxygen atoms in total. The van der Waals surface area contributed by atoms with Gasteiger partial charge in [-0.05, 0) is 55.2 Å². The highest BCUT2D eigenvalue weighted by Gasteiger charge is 2.29. The first-order valence-corrected chi connectivity index (χ1v) is 12.6. The first-order chi connectivity index (χ1) is 16.8. The third-order valence-electron chi connectivity index (χ3n) is 6.00.